The fraction of sp³-hybridized carbons (Fsp3) is 0. The monoisotopic (exact) mass is 171 g/mol. The second kappa shape index (κ2) is 2.90. The highest BCUT2D eigenvalue weighted by molar-refractivity contribution is 5.92. The summed E-state index contributed by atoms with van der Waals surface area (Å²) in [6.45, 7) is 3.68. The number of hydrogen-bond acceptors (Lipinski definition) is 2. The minimum absolute atomic E-state index is 0.250. The van der Waals surface area contributed by atoms with Crippen LogP contribution < -0.4 is 0 Å². The zero-order valence-electron chi connectivity index (χ0n) is 7.07. The summed E-state index contributed by atoms with van der Waals surface area (Å²) in [5.41, 5.74) is 1.69. The van der Waals surface area contributed by atoms with Gasteiger partial charge in [-0.1, -0.05) is 18.7 Å². The second-order valence-corrected chi connectivity index (χ2v) is 2.78. The largest absolute Gasteiger partial charge is 0.507 e. The van der Waals surface area contributed by atoms with Crippen molar-refractivity contribution in [2.24, 2.45) is 0 Å². The van der Waals surface area contributed by atoms with E-state index in [0.29, 0.717) is 0 Å². The molecule has 0 amide bonds. The predicted molar refractivity (Wildman–Crippen MR) is 53.5 cm³/mol. The number of rotatable bonds is 1. The van der Waals surface area contributed by atoms with Gasteiger partial charge in [0.1, 0.15) is 5.75 Å². The van der Waals surface area contributed by atoms with Crippen molar-refractivity contribution < 1.29 is 5.11 Å². The van der Waals surface area contributed by atoms with E-state index in [2.05, 4.69) is 11.6 Å². The molecule has 0 unspecified atom stereocenters. The number of phenolic OH excluding ortho intramolecular Hbond substituents is 1. The van der Waals surface area contributed by atoms with Crippen molar-refractivity contribution in [2.75, 3.05) is 0 Å². The standard InChI is InChI=1S/C11H9NO/c1-2-8-6-7-12-9-4-3-5-10(13)11(8)9/h2-7,13H,1H2. The van der Waals surface area contributed by atoms with Crippen LogP contribution in [0.15, 0.2) is 37.0 Å². The molecule has 2 rings (SSSR count). The maximum atomic E-state index is 9.60. The molecule has 0 saturated heterocycles. The van der Waals surface area contributed by atoms with Crippen LogP contribution in [0.2, 0.25) is 0 Å². The van der Waals surface area contributed by atoms with Crippen molar-refractivity contribution in [3.63, 3.8) is 0 Å². The average molecular weight is 171 g/mol. The number of aromatic hydroxyl groups is 1. The maximum absolute atomic E-state index is 9.60. The second-order valence-electron chi connectivity index (χ2n) is 2.78. The number of phenols is 1. The van der Waals surface area contributed by atoms with Crippen LogP contribution in [-0.2, 0) is 0 Å². The Bertz CT molecular complexity index is 457. The van der Waals surface area contributed by atoms with Crippen LogP contribution in [-0.4, -0.2) is 10.1 Å². The molecule has 64 valence electrons. The molecule has 2 aromatic rings. The van der Waals surface area contributed by atoms with Gasteiger partial charge in [0.05, 0.1) is 5.52 Å². The number of fused-ring (bicyclic) bond motifs is 1. The highest BCUT2D eigenvalue weighted by atomic mass is 16.3. The molecular formula is C11H9NO. The topological polar surface area (TPSA) is 33.1 Å². The summed E-state index contributed by atoms with van der Waals surface area (Å²) in [6.07, 6.45) is 3.42. The van der Waals surface area contributed by atoms with Crippen LogP contribution in [0, 0.1) is 0 Å². The van der Waals surface area contributed by atoms with E-state index in [1.807, 2.05) is 12.1 Å². The molecule has 1 N–H and O–H groups in total. The van der Waals surface area contributed by atoms with Gasteiger partial charge in [-0.05, 0) is 23.8 Å². The molecule has 0 aliphatic rings. The smallest absolute Gasteiger partial charge is 0.125 e. The maximum Gasteiger partial charge on any atom is 0.125 e. The minimum atomic E-state index is 0.250. The molecule has 1 aromatic heterocycles. The molecule has 0 aliphatic carbocycles. The van der Waals surface area contributed by atoms with Crippen molar-refractivity contribution >= 4 is 17.0 Å². The van der Waals surface area contributed by atoms with Gasteiger partial charge in [0.25, 0.3) is 0 Å². The fourth-order valence-corrected chi connectivity index (χ4v) is 1.38. The number of pyridine rings is 1. The molecule has 13 heavy (non-hydrogen) atoms. The van der Waals surface area contributed by atoms with Gasteiger partial charge < -0.3 is 5.11 Å². The van der Waals surface area contributed by atoms with Crippen molar-refractivity contribution in [1.82, 2.24) is 4.98 Å². The molecule has 1 aromatic carbocycles. The normalized spacial score (nSPS) is 10.2. The van der Waals surface area contributed by atoms with Crippen LogP contribution in [0.5, 0.6) is 5.75 Å². The summed E-state index contributed by atoms with van der Waals surface area (Å²) < 4.78 is 0. The molecular weight excluding hydrogens is 162 g/mol. The first-order valence-corrected chi connectivity index (χ1v) is 4.02. The number of aromatic nitrogens is 1. The van der Waals surface area contributed by atoms with E-state index >= 15 is 0 Å². The lowest BCUT2D eigenvalue weighted by Crippen LogP contribution is -1.82. The fourth-order valence-electron chi connectivity index (χ4n) is 1.38. The van der Waals surface area contributed by atoms with Crippen LogP contribution in [0.3, 0.4) is 0 Å². The lowest BCUT2D eigenvalue weighted by Gasteiger charge is -2.02. The molecule has 0 fully saturated rings. The first kappa shape index (κ1) is 7.80. The Labute approximate surface area is 76.2 Å². The SMILES string of the molecule is C=Cc1ccnc2cccc(O)c12. The lowest BCUT2D eigenvalue weighted by molar-refractivity contribution is 0.481. The van der Waals surface area contributed by atoms with Gasteiger partial charge in [-0.25, -0.2) is 0 Å². The van der Waals surface area contributed by atoms with Crippen LogP contribution in [0.25, 0.3) is 17.0 Å². The van der Waals surface area contributed by atoms with Crippen molar-refractivity contribution in [3.8, 4) is 5.75 Å². The van der Waals surface area contributed by atoms with E-state index in [0.717, 1.165) is 16.5 Å². The van der Waals surface area contributed by atoms with E-state index in [9.17, 15) is 5.11 Å². The Hall–Kier alpha value is -1.83. The number of hydrogen-bond donors (Lipinski definition) is 1. The zero-order valence-corrected chi connectivity index (χ0v) is 7.07. The third-order valence-electron chi connectivity index (χ3n) is 2.00. The van der Waals surface area contributed by atoms with Crippen molar-refractivity contribution in [1.29, 1.82) is 0 Å². The first-order chi connectivity index (χ1) is 6.33. The molecule has 0 bridgehead atoms. The molecule has 0 radical (unpaired) electrons. The average Bonchev–Trinajstić information content (AvgIpc) is 2.17. The molecule has 0 spiro atoms. The highest BCUT2D eigenvalue weighted by Gasteiger charge is 2.02. The van der Waals surface area contributed by atoms with E-state index in [4.69, 9.17) is 0 Å². The Morgan fingerprint density at radius 2 is 2.15 bits per heavy atom. The van der Waals surface area contributed by atoms with Gasteiger partial charge >= 0.3 is 0 Å². The molecule has 1 heterocycles. The third kappa shape index (κ3) is 1.16. The molecule has 0 atom stereocenters. The van der Waals surface area contributed by atoms with Gasteiger partial charge in [-0.3, -0.25) is 4.98 Å². The minimum Gasteiger partial charge on any atom is -0.507 e. The van der Waals surface area contributed by atoms with E-state index in [1.54, 1.807) is 24.4 Å². The summed E-state index contributed by atoms with van der Waals surface area (Å²) in [5.74, 6) is 0.250. The Kier molecular flexibility index (Phi) is 1.74. The van der Waals surface area contributed by atoms with Gasteiger partial charge in [0.2, 0.25) is 0 Å². The van der Waals surface area contributed by atoms with Gasteiger partial charge in [0.15, 0.2) is 0 Å². The summed E-state index contributed by atoms with van der Waals surface area (Å²) >= 11 is 0. The predicted octanol–water partition coefficient (Wildman–Crippen LogP) is 2.58. The van der Waals surface area contributed by atoms with E-state index in [1.165, 1.54) is 0 Å². The van der Waals surface area contributed by atoms with Crippen molar-refractivity contribution in [3.05, 3.63) is 42.6 Å². The number of nitrogens with zero attached hydrogens (tertiary/aromatic N) is 1. The van der Waals surface area contributed by atoms with Gasteiger partial charge in [-0.15, -0.1) is 0 Å². The Balaban J connectivity index is 2.94. The van der Waals surface area contributed by atoms with Gasteiger partial charge in [-0.2, -0.15) is 0 Å². The third-order valence-corrected chi connectivity index (χ3v) is 2.00. The quantitative estimate of drug-likeness (QED) is 0.715. The van der Waals surface area contributed by atoms with Crippen LogP contribution >= 0.6 is 0 Å². The summed E-state index contributed by atoms with van der Waals surface area (Å²) in [5, 5.41) is 10.4. The molecule has 0 saturated carbocycles. The van der Waals surface area contributed by atoms with Crippen LogP contribution in [0.4, 0.5) is 0 Å². The lowest BCUT2D eigenvalue weighted by atomic mass is 10.1. The first-order valence-electron chi connectivity index (χ1n) is 4.02. The summed E-state index contributed by atoms with van der Waals surface area (Å²) in [4.78, 5) is 4.14. The molecule has 0 aliphatic heterocycles. The molecule has 2 heteroatoms. The Morgan fingerprint density at radius 3 is 2.92 bits per heavy atom. The van der Waals surface area contributed by atoms with E-state index in [-0.39, 0.29) is 5.75 Å². The summed E-state index contributed by atoms with van der Waals surface area (Å²) in [7, 11) is 0. The zero-order chi connectivity index (χ0) is 9.26. The summed E-state index contributed by atoms with van der Waals surface area (Å²) in [6, 6.07) is 7.12. The number of benzene rings is 1. The Morgan fingerprint density at radius 1 is 1.31 bits per heavy atom. The van der Waals surface area contributed by atoms with Gasteiger partial charge in [0, 0.05) is 11.6 Å². The van der Waals surface area contributed by atoms with Crippen LogP contribution in [0.1, 0.15) is 5.56 Å². The van der Waals surface area contributed by atoms with E-state index < -0.39 is 0 Å². The molecule has 2 nitrogen and oxygen atoms in total. The van der Waals surface area contributed by atoms with Crippen molar-refractivity contribution in [2.45, 2.75) is 0 Å². The highest BCUT2D eigenvalue weighted by Crippen LogP contribution is 2.26.